The molecule has 2 aromatic rings. The first kappa shape index (κ1) is 26.0. The number of thiophene rings is 1. The van der Waals surface area contributed by atoms with Crippen LogP contribution in [0, 0.1) is 17.3 Å². The molecule has 9 heteroatoms. The van der Waals surface area contributed by atoms with E-state index >= 15 is 0 Å². The average molecular weight is 505 g/mol. The van der Waals surface area contributed by atoms with Crippen LogP contribution in [0.3, 0.4) is 0 Å². The van der Waals surface area contributed by atoms with Crippen LogP contribution >= 0.6 is 22.9 Å². The molecule has 1 atom stereocenters. The number of morpholine rings is 1. The van der Waals surface area contributed by atoms with Crippen LogP contribution in [0.5, 0.6) is 0 Å². The summed E-state index contributed by atoms with van der Waals surface area (Å²) in [5.74, 6) is 5.52. The monoisotopic (exact) mass is 504 g/mol. The van der Waals surface area contributed by atoms with Gasteiger partial charge in [0, 0.05) is 29.1 Å². The molecule has 0 saturated carbocycles. The Morgan fingerprint density at radius 1 is 1.26 bits per heavy atom. The second kappa shape index (κ2) is 11.2. The molecule has 0 bridgehead atoms. The number of rotatable bonds is 6. The van der Waals surface area contributed by atoms with Crippen molar-refractivity contribution >= 4 is 40.5 Å². The van der Waals surface area contributed by atoms with E-state index in [1.165, 1.54) is 23.3 Å². The average Bonchev–Trinajstić information content (AvgIpc) is 3.25. The number of hydrogen-bond acceptors (Lipinski definition) is 7. The van der Waals surface area contributed by atoms with E-state index in [1.54, 1.807) is 35.2 Å². The smallest absolute Gasteiger partial charge is 0.350 e. The van der Waals surface area contributed by atoms with E-state index in [9.17, 15) is 14.7 Å². The molecule has 0 aliphatic carbocycles. The number of nitrogens with zero attached hydrogens (tertiary/aromatic N) is 2. The Morgan fingerprint density at radius 3 is 2.50 bits per heavy atom. The number of halogens is 1. The van der Waals surface area contributed by atoms with Crippen molar-refractivity contribution in [3.05, 3.63) is 50.7 Å². The highest BCUT2D eigenvalue weighted by Crippen LogP contribution is 2.35. The first-order valence-electron chi connectivity index (χ1n) is 10.9. The van der Waals surface area contributed by atoms with Gasteiger partial charge in [0.25, 0.3) is 0 Å². The van der Waals surface area contributed by atoms with Crippen molar-refractivity contribution in [3.63, 3.8) is 0 Å². The minimum absolute atomic E-state index is 0.142. The molecule has 1 aliphatic heterocycles. The lowest BCUT2D eigenvalue weighted by Crippen LogP contribution is -2.46. The summed E-state index contributed by atoms with van der Waals surface area (Å²) in [7, 11) is 1.30. The van der Waals surface area contributed by atoms with Gasteiger partial charge in [-0.2, -0.15) is 0 Å². The van der Waals surface area contributed by atoms with Gasteiger partial charge in [0.2, 0.25) is 5.91 Å². The van der Waals surface area contributed by atoms with Crippen LogP contribution in [0.4, 0.5) is 5.69 Å². The minimum atomic E-state index is -1.20. The highest BCUT2D eigenvalue weighted by molar-refractivity contribution is 7.15. The zero-order valence-corrected chi connectivity index (χ0v) is 21.3. The van der Waals surface area contributed by atoms with E-state index in [0.717, 1.165) is 0 Å². The van der Waals surface area contributed by atoms with Gasteiger partial charge in [-0.15, -0.1) is 11.3 Å². The maximum Gasteiger partial charge on any atom is 0.350 e. The van der Waals surface area contributed by atoms with Crippen LogP contribution in [0.15, 0.2) is 30.3 Å². The maximum absolute atomic E-state index is 13.1. The summed E-state index contributed by atoms with van der Waals surface area (Å²) in [6.45, 7) is 7.71. The fraction of sp³-hybridized carbons (Fsp3) is 0.440. The largest absolute Gasteiger partial charge is 0.465 e. The van der Waals surface area contributed by atoms with E-state index < -0.39 is 12.2 Å². The SMILES string of the molecule is COC(=O)c1sc(C#CC(C)(C)C)cc1N(CC(=O)N1CCOCC1)C(O)c1ccc(Cl)cc1. The Kier molecular flexibility index (Phi) is 8.61. The van der Waals surface area contributed by atoms with Crippen LogP contribution in [-0.2, 0) is 14.3 Å². The number of amides is 1. The molecular weight excluding hydrogens is 476 g/mol. The van der Waals surface area contributed by atoms with Crippen molar-refractivity contribution in [2.24, 2.45) is 5.41 Å². The lowest BCUT2D eigenvalue weighted by atomic mass is 9.98. The summed E-state index contributed by atoms with van der Waals surface area (Å²) in [6.07, 6.45) is -1.20. The number of methoxy groups -OCH3 is 1. The number of esters is 1. The molecule has 1 unspecified atom stereocenters. The van der Waals surface area contributed by atoms with Crippen molar-refractivity contribution in [3.8, 4) is 11.8 Å². The van der Waals surface area contributed by atoms with Gasteiger partial charge in [-0.3, -0.25) is 4.79 Å². The molecule has 3 rings (SSSR count). The highest BCUT2D eigenvalue weighted by atomic mass is 35.5. The van der Waals surface area contributed by atoms with Gasteiger partial charge in [0.15, 0.2) is 6.23 Å². The Bertz CT molecular complexity index is 1080. The number of benzene rings is 1. The van der Waals surface area contributed by atoms with E-state index in [2.05, 4.69) is 11.8 Å². The molecule has 1 N–H and O–H groups in total. The zero-order valence-electron chi connectivity index (χ0n) is 19.8. The Labute approximate surface area is 209 Å². The molecule has 1 saturated heterocycles. The number of carbonyl (C=O) groups is 2. The van der Waals surface area contributed by atoms with Crippen LogP contribution < -0.4 is 4.90 Å². The summed E-state index contributed by atoms with van der Waals surface area (Å²) in [4.78, 5) is 29.9. The van der Waals surface area contributed by atoms with Gasteiger partial charge in [0.05, 0.1) is 37.4 Å². The lowest BCUT2D eigenvalue weighted by molar-refractivity contribution is -0.134. The number of ether oxygens (including phenoxy) is 2. The highest BCUT2D eigenvalue weighted by Gasteiger charge is 2.30. The molecule has 7 nitrogen and oxygen atoms in total. The zero-order chi connectivity index (χ0) is 24.9. The van der Waals surface area contributed by atoms with Crippen molar-refractivity contribution in [1.82, 2.24) is 4.90 Å². The minimum Gasteiger partial charge on any atom is -0.465 e. The molecule has 0 radical (unpaired) electrons. The third-order valence-corrected chi connectivity index (χ3v) is 6.36. The number of aliphatic hydroxyl groups is 1. The number of carbonyl (C=O) groups excluding carboxylic acids is 2. The number of hydrogen-bond donors (Lipinski definition) is 1. The number of aliphatic hydroxyl groups excluding tert-OH is 1. The first-order chi connectivity index (χ1) is 16.1. The molecule has 1 aromatic heterocycles. The topological polar surface area (TPSA) is 79.3 Å². The molecule has 1 aliphatic rings. The van der Waals surface area contributed by atoms with Gasteiger partial charge in [-0.25, -0.2) is 4.79 Å². The Morgan fingerprint density at radius 2 is 1.91 bits per heavy atom. The van der Waals surface area contributed by atoms with Gasteiger partial charge >= 0.3 is 5.97 Å². The molecular formula is C25H29ClN2O5S. The van der Waals surface area contributed by atoms with Crippen molar-refractivity contribution in [2.75, 3.05) is 44.9 Å². The van der Waals surface area contributed by atoms with Crippen LogP contribution in [-0.4, -0.2) is 61.8 Å². The van der Waals surface area contributed by atoms with Gasteiger partial charge in [-0.1, -0.05) is 35.6 Å². The predicted octanol–water partition coefficient (Wildman–Crippen LogP) is 3.94. The van der Waals surface area contributed by atoms with Gasteiger partial charge in [0.1, 0.15) is 4.88 Å². The van der Waals surface area contributed by atoms with Crippen LogP contribution in [0.2, 0.25) is 5.02 Å². The van der Waals surface area contributed by atoms with E-state index in [4.69, 9.17) is 21.1 Å². The summed E-state index contributed by atoms with van der Waals surface area (Å²) in [5, 5.41) is 11.8. The van der Waals surface area contributed by atoms with E-state index in [-0.39, 0.29) is 22.7 Å². The summed E-state index contributed by atoms with van der Waals surface area (Å²) < 4.78 is 10.3. The van der Waals surface area contributed by atoms with E-state index in [1.807, 2.05) is 20.8 Å². The van der Waals surface area contributed by atoms with Crippen molar-refractivity contribution in [1.29, 1.82) is 0 Å². The van der Waals surface area contributed by atoms with Gasteiger partial charge < -0.3 is 24.4 Å². The summed E-state index contributed by atoms with van der Waals surface area (Å²) >= 11 is 7.19. The fourth-order valence-corrected chi connectivity index (χ4v) is 4.39. The van der Waals surface area contributed by atoms with Crippen molar-refractivity contribution < 1.29 is 24.2 Å². The quantitative estimate of drug-likeness (QED) is 0.364. The molecule has 1 aromatic carbocycles. The third-order valence-electron chi connectivity index (χ3n) is 5.09. The van der Waals surface area contributed by atoms with Crippen LogP contribution in [0.1, 0.15) is 47.1 Å². The Hall–Kier alpha value is -2.57. The molecule has 1 amide bonds. The maximum atomic E-state index is 13.1. The first-order valence-corrected chi connectivity index (χ1v) is 12.1. The lowest BCUT2D eigenvalue weighted by Gasteiger charge is -2.33. The second-order valence-electron chi connectivity index (χ2n) is 8.86. The van der Waals surface area contributed by atoms with Crippen molar-refractivity contribution in [2.45, 2.75) is 27.0 Å². The van der Waals surface area contributed by atoms with Crippen LogP contribution in [0.25, 0.3) is 0 Å². The fourth-order valence-electron chi connectivity index (χ4n) is 3.32. The third kappa shape index (κ3) is 6.73. The standard InChI is InChI=1S/C25H29ClN2O5S/c1-25(2,3)10-9-19-15-20(22(34-19)24(31)32-4)28(16-21(29)27-11-13-33-14-12-27)23(30)17-5-7-18(26)8-6-17/h5-8,15,23,30H,11-14,16H2,1-4H3. The molecule has 34 heavy (non-hydrogen) atoms. The summed E-state index contributed by atoms with van der Waals surface area (Å²) in [5.41, 5.74) is 0.687. The van der Waals surface area contributed by atoms with E-state index in [0.29, 0.717) is 47.5 Å². The summed E-state index contributed by atoms with van der Waals surface area (Å²) in [6, 6.07) is 8.42. The Balaban J connectivity index is 2.05. The second-order valence-corrected chi connectivity index (χ2v) is 10.4. The predicted molar refractivity (Wildman–Crippen MR) is 133 cm³/mol. The molecule has 1 fully saturated rings. The van der Waals surface area contributed by atoms with Gasteiger partial charge in [-0.05, 0) is 39.0 Å². The number of anilines is 1. The molecule has 2 heterocycles. The normalized spacial score (nSPS) is 14.7. The molecule has 0 spiro atoms. The molecule has 182 valence electrons.